The highest BCUT2D eigenvalue weighted by molar-refractivity contribution is 6.01. The number of carbonyl (C=O) groups is 1. The van der Waals surface area contributed by atoms with Crippen molar-refractivity contribution in [3.8, 4) is 5.75 Å². The number of hydrogen-bond acceptors (Lipinski definition) is 2. The van der Waals surface area contributed by atoms with Crippen LogP contribution in [0.5, 0.6) is 5.75 Å². The summed E-state index contributed by atoms with van der Waals surface area (Å²) in [7, 11) is 1.42. The molecule has 1 heterocycles. The minimum atomic E-state index is -0.495. The summed E-state index contributed by atoms with van der Waals surface area (Å²) in [5, 5.41) is 0. The van der Waals surface area contributed by atoms with Gasteiger partial charge in [-0.15, -0.1) is 0 Å². The van der Waals surface area contributed by atoms with Crippen LogP contribution in [-0.4, -0.2) is 32.5 Å². The highest BCUT2D eigenvalue weighted by Gasteiger charge is 2.28. The van der Waals surface area contributed by atoms with Crippen molar-refractivity contribution >= 4 is 5.78 Å². The molecule has 0 spiro atoms. The summed E-state index contributed by atoms with van der Waals surface area (Å²) < 4.78 is 19.0. The highest BCUT2D eigenvalue weighted by atomic mass is 19.1. The van der Waals surface area contributed by atoms with Gasteiger partial charge in [0.2, 0.25) is 0 Å². The summed E-state index contributed by atoms with van der Waals surface area (Å²) >= 11 is 0. The van der Waals surface area contributed by atoms with Crippen molar-refractivity contribution in [1.29, 1.82) is 0 Å². The summed E-state index contributed by atoms with van der Waals surface area (Å²) in [5.74, 6) is -0.604. The standard InChI is InChI=1S/C21H24FNO2/c1-25-20-11-10-17(14-19(20)22)21(24)18(16-8-4-2-5-9-16)15-23-12-6-3-7-13-23/h2,4-5,8-11,14,18H,3,6-7,12-13,15H2,1H3/p+1. The van der Waals surface area contributed by atoms with Gasteiger partial charge in [0.15, 0.2) is 17.3 Å². The number of piperidine rings is 1. The fraction of sp³-hybridized carbons (Fsp3) is 0.381. The van der Waals surface area contributed by atoms with Gasteiger partial charge in [-0.05, 0) is 43.0 Å². The zero-order chi connectivity index (χ0) is 17.6. The summed E-state index contributed by atoms with van der Waals surface area (Å²) in [6.07, 6.45) is 3.70. The van der Waals surface area contributed by atoms with Crippen LogP contribution in [-0.2, 0) is 0 Å². The summed E-state index contributed by atoms with van der Waals surface area (Å²) in [6, 6.07) is 14.3. The lowest BCUT2D eigenvalue weighted by Gasteiger charge is -2.27. The number of likely N-dealkylation sites (tertiary alicyclic amines) is 1. The van der Waals surface area contributed by atoms with E-state index in [-0.39, 0.29) is 17.5 Å². The Kier molecular flexibility index (Phi) is 5.82. The van der Waals surface area contributed by atoms with E-state index in [9.17, 15) is 9.18 Å². The molecular formula is C21H25FNO2+. The number of ether oxygens (including phenoxy) is 1. The van der Waals surface area contributed by atoms with E-state index in [0.717, 1.165) is 25.2 Å². The zero-order valence-corrected chi connectivity index (χ0v) is 14.6. The van der Waals surface area contributed by atoms with Crippen molar-refractivity contribution in [3.63, 3.8) is 0 Å². The molecule has 1 unspecified atom stereocenters. The van der Waals surface area contributed by atoms with Crippen LogP contribution in [0.25, 0.3) is 0 Å². The van der Waals surface area contributed by atoms with E-state index in [1.807, 2.05) is 30.3 Å². The molecule has 0 aliphatic carbocycles. The molecule has 1 fully saturated rings. The minimum Gasteiger partial charge on any atom is -0.494 e. The molecule has 2 aromatic carbocycles. The van der Waals surface area contributed by atoms with Crippen molar-refractivity contribution in [1.82, 2.24) is 0 Å². The first kappa shape index (κ1) is 17.6. The number of nitrogens with one attached hydrogen (secondary N) is 1. The van der Waals surface area contributed by atoms with Crippen LogP contribution in [0, 0.1) is 5.82 Å². The van der Waals surface area contributed by atoms with Gasteiger partial charge in [-0.1, -0.05) is 30.3 Å². The van der Waals surface area contributed by atoms with Crippen molar-refractivity contribution < 1.29 is 18.8 Å². The van der Waals surface area contributed by atoms with Gasteiger partial charge in [-0.2, -0.15) is 0 Å². The van der Waals surface area contributed by atoms with E-state index in [1.165, 1.54) is 43.4 Å². The minimum absolute atomic E-state index is 0.0224. The van der Waals surface area contributed by atoms with E-state index in [1.54, 1.807) is 6.07 Å². The predicted molar refractivity (Wildman–Crippen MR) is 95.9 cm³/mol. The maximum Gasteiger partial charge on any atom is 0.176 e. The van der Waals surface area contributed by atoms with E-state index in [2.05, 4.69) is 0 Å². The lowest BCUT2D eigenvalue weighted by molar-refractivity contribution is -0.905. The molecule has 3 nitrogen and oxygen atoms in total. The van der Waals surface area contributed by atoms with Gasteiger partial charge in [-0.3, -0.25) is 4.79 Å². The molecule has 0 saturated carbocycles. The number of ketones is 1. The van der Waals surface area contributed by atoms with Crippen LogP contribution in [0.15, 0.2) is 48.5 Å². The van der Waals surface area contributed by atoms with E-state index < -0.39 is 5.82 Å². The summed E-state index contributed by atoms with van der Waals surface area (Å²) in [5.41, 5.74) is 1.41. The molecule has 1 N–H and O–H groups in total. The van der Waals surface area contributed by atoms with Gasteiger partial charge >= 0.3 is 0 Å². The third-order valence-electron chi connectivity index (χ3n) is 5.01. The van der Waals surface area contributed by atoms with Crippen molar-refractivity contribution in [2.45, 2.75) is 25.2 Å². The monoisotopic (exact) mass is 342 g/mol. The molecule has 0 radical (unpaired) electrons. The molecule has 25 heavy (non-hydrogen) atoms. The molecule has 1 aliphatic rings. The molecule has 0 amide bonds. The van der Waals surface area contributed by atoms with Crippen molar-refractivity contribution in [2.24, 2.45) is 0 Å². The average molecular weight is 342 g/mol. The molecule has 3 rings (SSSR count). The van der Waals surface area contributed by atoms with Crippen LogP contribution in [0.2, 0.25) is 0 Å². The number of quaternary nitrogens is 1. The second-order valence-corrected chi connectivity index (χ2v) is 6.69. The topological polar surface area (TPSA) is 30.7 Å². The SMILES string of the molecule is COc1ccc(C(=O)C(C[NH+]2CCCCC2)c2ccccc2)cc1F. The molecule has 132 valence electrons. The third kappa shape index (κ3) is 4.26. The normalized spacial score (nSPS) is 16.4. The Morgan fingerprint density at radius 3 is 2.48 bits per heavy atom. The Labute approximate surface area is 148 Å². The van der Waals surface area contributed by atoms with Crippen LogP contribution in [0.4, 0.5) is 4.39 Å². The molecule has 1 saturated heterocycles. The van der Waals surface area contributed by atoms with Crippen LogP contribution in [0.1, 0.15) is 41.1 Å². The van der Waals surface area contributed by atoms with Gasteiger partial charge in [0.05, 0.1) is 32.7 Å². The lowest BCUT2D eigenvalue weighted by Crippen LogP contribution is -3.13. The van der Waals surface area contributed by atoms with Gasteiger partial charge < -0.3 is 9.64 Å². The number of carbonyl (C=O) groups excluding carboxylic acids is 1. The third-order valence-corrected chi connectivity index (χ3v) is 5.01. The fourth-order valence-corrected chi connectivity index (χ4v) is 3.61. The number of Topliss-reactive ketones (excluding diaryl/α,β-unsaturated/α-hetero) is 1. The predicted octanol–water partition coefficient (Wildman–Crippen LogP) is 2.87. The first-order valence-corrected chi connectivity index (χ1v) is 8.95. The van der Waals surface area contributed by atoms with Crippen LogP contribution < -0.4 is 9.64 Å². The van der Waals surface area contributed by atoms with Gasteiger partial charge in [0.25, 0.3) is 0 Å². The maximum absolute atomic E-state index is 14.1. The van der Waals surface area contributed by atoms with Gasteiger partial charge in [-0.25, -0.2) is 4.39 Å². The molecule has 1 aliphatic heterocycles. The molecule has 2 aromatic rings. The fourth-order valence-electron chi connectivity index (χ4n) is 3.61. The molecule has 1 atom stereocenters. The second kappa shape index (κ2) is 8.26. The van der Waals surface area contributed by atoms with Crippen LogP contribution in [0.3, 0.4) is 0 Å². The molecule has 4 heteroatoms. The average Bonchev–Trinajstić information content (AvgIpc) is 2.67. The Bertz CT molecular complexity index is 711. The first-order chi connectivity index (χ1) is 12.2. The number of benzene rings is 2. The Morgan fingerprint density at radius 1 is 1.12 bits per heavy atom. The van der Waals surface area contributed by atoms with E-state index in [4.69, 9.17) is 4.74 Å². The number of rotatable bonds is 6. The van der Waals surface area contributed by atoms with Gasteiger partial charge in [0.1, 0.15) is 0 Å². The van der Waals surface area contributed by atoms with Crippen molar-refractivity contribution in [2.75, 3.05) is 26.7 Å². The number of halogens is 1. The molecule has 0 aromatic heterocycles. The van der Waals surface area contributed by atoms with Crippen molar-refractivity contribution in [3.05, 3.63) is 65.5 Å². The first-order valence-electron chi connectivity index (χ1n) is 8.95. The summed E-state index contributed by atoms with van der Waals surface area (Å²) in [6.45, 7) is 2.97. The highest BCUT2D eigenvalue weighted by Crippen LogP contribution is 2.24. The summed E-state index contributed by atoms with van der Waals surface area (Å²) in [4.78, 5) is 14.6. The Morgan fingerprint density at radius 2 is 1.84 bits per heavy atom. The maximum atomic E-state index is 14.1. The molecular weight excluding hydrogens is 317 g/mol. The Hall–Kier alpha value is -2.20. The largest absolute Gasteiger partial charge is 0.494 e. The lowest BCUT2D eigenvalue weighted by atomic mass is 9.89. The number of methoxy groups -OCH3 is 1. The quantitative estimate of drug-likeness (QED) is 0.819. The number of hydrogen-bond donors (Lipinski definition) is 1. The van der Waals surface area contributed by atoms with E-state index >= 15 is 0 Å². The van der Waals surface area contributed by atoms with E-state index in [0.29, 0.717) is 5.56 Å². The molecule has 0 bridgehead atoms. The Balaban J connectivity index is 1.87. The second-order valence-electron chi connectivity index (χ2n) is 6.69. The zero-order valence-electron chi connectivity index (χ0n) is 14.6. The smallest absolute Gasteiger partial charge is 0.176 e. The van der Waals surface area contributed by atoms with Crippen LogP contribution >= 0.6 is 0 Å². The van der Waals surface area contributed by atoms with Gasteiger partial charge in [0, 0.05) is 5.56 Å².